The van der Waals surface area contributed by atoms with E-state index >= 15 is 0 Å². The Balaban J connectivity index is 1.87. The van der Waals surface area contributed by atoms with Crippen molar-refractivity contribution in [3.63, 3.8) is 0 Å². The average Bonchev–Trinajstić information content (AvgIpc) is 2.78. The van der Waals surface area contributed by atoms with Crippen LogP contribution in [0.4, 0.5) is 0 Å². The zero-order valence-corrected chi connectivity index (χ0v) is 20.1. The number of benzene rings is 2. The maximum Gasteiger partial charge on any atom is 0.328 e. The minimum absolute atomic E-state index is 0.727. The summed E-state index contributed by atoms with van der Waals surface area (Å²) in [6.45, 7) is 2.26. The molecule has 0 aliphatic heterocycles. The van der Waals surface area contributed by atoms with E-state index < -0.39 is 5.97 Å². The molecular weight excluding hydrogens is 420 g/mol. The summed E-state index contributed by atoms with van der Waals surface area (Å²) < 4.78 is 0.909. The third kappa shape index (κ3) is 9.84. The molecular formula is C27H34O2S2. The van der Waals surface area contributed by atoms with Crippen LogP contribution in [0.2, 0.25) is 0 Å². The molecule has 0 spiro atoms. The van der Waals surface area contributed by atoms with Crippen LogP contribution in [0.15, 0.2) is 54.6 Å². The summed E-state index contributed by atoms with van der Waals surface area (Å²) in [5.74, 6) is -0.210. The van der Waals surface area contributed by atoms with E-state index in [0.717, 1.165) is 27.5 Å². The zero-order valence-electron chi connectivity index (χ0n) is 18.5. The fourth-order valence-electron chi connectivity index (χ4n) is 3.60. The van der Waals surface area contributed by atoms with E-state index in [1.165, 1.54) is 68.6 Å². The Labute approximate surface area is 197 Å². The van der Waals surface area contributed by atoms with Crippen molar-refractivity contribution in [3.8, 4) is 0 Å². The monoisotopic (exact) mass is 454 g/mol. The highest BCUT2D eigenvalue weighted by atomic mass is 32.2. The van der Waals surface area contributed by atoms with Crippen molar-refractivity contribution in [3.05, 3.63) is 76.9 Å². The lowest BCUT2D eigenvalue weighted by atomic mass is 10.0. The largest absolute Gasteiger partial charge is 0.478 e. The van der Waals surface area contributed by atoms with Gasteiger partial charge in [0.25, 0.3) is 0 Å². The van der Waals surface area contributed by atoms with Gasteiger partial charge in [0.2, 0.25) is 0 Å². The minimum Gasteiger partial charge on any atom is -0.478 e. The summed E-state index contributed by atoms with van der Waals surface area (Å²) in [6.07, 6.45) is 14.5. The molecule has 0 aliphatic carbocycles. The lowest BCUT2D eigenvalue weighted by molar-refractivity contribution is -0.131. The number of carboxylic acid groups (broad SMARTS) is 1. The number of rotatable bonds is 14. The van der Waals surface area contributed by atoms with Crippen LogP contribution >= 0.6 is 24.0 Å². The quantitative estimate of drug-likeness (QED) is 0.178. The van der Waals surface area contributed by atoms with Crippen molar-refractivity contribution in [1.29, 1.82) is 0 Å². The lowest BCUT2D eigenvalue weighted by Crippen LogP contribution is -2.00. The summed E-state index contributed by atoms with van der Waals surface area (Å²) in [7, 11) is 0. The number of aryl methyl sites for hydroxylation is 1. The SMILES string of the molecule is CCCCCCCCCCc1ccccc1C(=S)SCc1ccccc1/C=C/C(=O)O. The molecule has 0 aromatic heterocycles. The van der Waals surface area contributed by atoms with Crippen LogP contribution in [-0.2, 0) is 17.0 Å². The summed E-state index contributed by atoms with van der Waals surface area (Å²) in [5, 5.41) is 8.90. The third-order valence-electron chi connectivity index (χ3n) is 5.36. The molecule has 0 bridgehead atoms. The molecule has 0 heterocycles. The first-order valence-corrected chi connectivity index (χ1v) is 12.7. The van der Waals surface area contributed by atoms with Crippen LogP contribution in [0.3, 0.4) is 0 Å². The Hall–Kier alpha value is -1.91. The summed E-state index contributed by atoms with van der Waals surface area (Å²) in [5.41, 5.74) is 4.52. The second-order valence-corrected chi connectivity index (χ2v) is 9.48. The van der Waals surface area contributed by atoms with Gasteiger partial charge in [0.05, 0.1) is 4.20 Å². The fourth-order valence-corrected chi connectivity index (χ4v) is 4.88. The van der Waals surface area contributed by atoms with Gasteiger partial charge in [0.1, 0.15) is 0 Å². The minimum atomic E-state index is -0.937. The highest BCUT2D eigenvalue weighted by Crippen LogP contribution is 2.25. The van der Waals surface area contributed by atoms with Gasteiger partial charge in [-0.25, -0.2) is 4.79 Å². The molecule has 0 unspecified atom stereocenters. The number of thioether (sulfide) groups is 1. The van der Waals surface area contributed by atoms with Crippen LogP contribution in [-0.4, -0.2) is 15.3 Å². The van der Waals surface area contributed by atoms with Crippen molar-refractivity contribution in [2.75, 3.05) is 0 Å². The Morgan fingerprint density at radius 3 is 2.23 bits per heavy atom. The molecule has 1 N–H and O–H groups in total. The van der Waals surface area contributed by atoms with Gasteiger partial charge in [-0.05, 0) is 35.6 Å². The lowest BCUT2D eigenvalue weighted by Gasteiger charge is -2.11. The molecule has 0 atom stereocenters. The molecule has 0 saturated carbocycles. The second-order valence-electron chi connectivity index (χ2n) is 7.83. The standard InChI is InChI=1S/C27H34O2S2/c1-2-3-4-5-6-7-8-9-15-23-16-12-13-18-25(23)27(30)31-21-24-17-11-10-14-22(24)19-20-26(28)29/h10-14,16-20H,2-9,15,21H2,1H3,(H,28,29)/b20-19+. The first kappa shape index (κ1) is 25.4. The number of aliphatic carboxylic acids is 1. The molecule has 2 rings (SSSR count). The van der Waals surface area contributed by atoms with Gasteiger partial charge < -0.3 is 5.11 Å². The number of carbonyl (C=O) groups is 1. The molecule has 0 radical (unpaired) electrons. The van der Waals surface area contributed by atoms with Crippen molar-refractivity contribution >= 4 is 40.2 Å². The predicted molar refractivity (Wildman–Crippen MR) is 139 cm³/mol. The Kier molecular flexibility index (Phi) is 12.3. The van der Waals surface area contributed by atoms with Crippen molar-refractivity contribution in [2.45, 2.75) is 70.5 Å². The van der Waals surface area contributed by atoms with Gasteiger partial charge >= 0.3 is 5.97 Å². The third-order valence-corrected chi connectivity index (χ3v) is 6.87. The molecule has 166 valence electrons. The summed E-state index contributed by atoms with van der Waals surface area (Å²) in [6, 6.07) is 16.4. The number of hydrogen-bond acceptors (Lipinski definition) is 3. The molecule has 2 aromatic carbocycles. The Morgan fingerprint density at radius 1 is 0.903 bits per heavy atom. The molecule has 2 nitrogen and oxygen atoms in total. The molecule has 4 heteroatoms. The van der Waals surface area contributed by atoms with Crippen LogP contribution in [0, 0.1) is 0 Å². The Bertz CT molecular complexity index is 858. The summed E-state index contributed by atoms with van der Waals surface area (Å²) in [4.78, 5) is 10.8. The van der Waals surface area contributed by atoms with E-state index in [0.29, 0.717) is 0 Å². The highest BCUT2D eigenvalue weighted by molar-refractivity contribution is 8.23. The molecule has 0 fully saturated rings. The average molecular weight is 455 g/mol. The van der Waals surface area contributed by atoms with Crippen molar-refractivity contribution < 1.29 is 9.90 Å². The van der Waals surface area contributed by atoms with Crippen molar-refractivity contribution in [1.82, 2.24) is 0 Å². The zero-order chi connectivity index (χ0) is 22.3. The maximum absolute atomic E-state index is 10.8. The van der Waals surface area contributed by atoms with Gasteiger partial charge in [-0.3, -0.25) is 0 Å². The highest BCUT2D eigenvalue weighted by Gasteiger charge is 2.09. The molecule has 31 heavy (non-hydrogen) atoms. The number of unbranched alkanes of at least 4 members (excludes halogenated alkanes) is 7. The van der Waals surface area contributed by atoms with Gasteiger partial charge in [-0.2, -0.15) is 0 Å². The van der Waals surface area contributed by atoms with E-state index in [9.17, 15) is 4.79 Å². The van der Waals surface area contributed by atoms with Gasteiger partial charge in [-0.1, -0.05) is 113 Å². The van der Waals surface area contributed by atoms with Gasteiger partial charge in [-0.15, -0.1) is 11.8 Å². The first-order valence-electron chi connectivity index (χ1n) is 11.4. The number of hydrogen-bond donors (Lipinski definition) is 1. The number of thiocarbonyl (C=S) groups is 1. The van der Waals surface area contributed by atoms with Crippen LogP contribution in [0.25, 0.3) is 6.08 Å². The molecule has 0 aliphatic rings. The molecule has 0 amide bonds. The number of carboxylic acids is 1. The normalized spacial score (nSPS) is 11.1. The molecule has 0 saturated heterocycles. The summed E-state index contributed by atoms with van der Waals surface area (Å²) >= 11 is 7.42. The topological polar surface area (TPSA) is 37.3 Å². The van der Waals surface area contributed by atoms with Crippen LogP contribution in [0.5, 0.6) is 0 Å². The van der Waals surface area contributed by atoms with Crippen LogP contribution in [0.1, 0.15) is 80.5 Å². The van der Waals surface area contributed by atoms with E-state index in [-0.39, 0.29) is 0 Å². The first-order chi connectivity index (χ1) is 15.1. The van der Waals surface area contributed by atoms with Gasteiger partial charge in [0.15, 0.2) is 0 Å². The van der Waals surface area contributed by atoms with E-state index in [4.69, 9.17) is 17.3 Å². The van der Waals surface area contributed by atoms with Crippen molar-refractivity contribution in [2.24, 2.45) is 0 Å². The van der Waals surface area contributed by atoms with E-state index in [2.05, 4.69) is 31.2 Å². The van der Waals surface area contributed by atoms with E-state index in [1.54, 1.807) is 17.8 Å². The Morgan fingerprint density at radius 2 is 1.52 bits per heavy atom. The predicted octanol–water partition coefficient (Wildman–Crippen LogP) is 8.08. The molecule has 2 aromatic rings. The maximum atomic E-state index is 10.8. The smallest absolute Gasteiger partial charge is 0.328 e. The van der Waals surface area contributed by atoms with Crippen LogP contribution < -0.4 is 0 Å². The van der Waals surface area contributed by atoms with E-state index in [1.807, 2.05) is 24.3 Å². The fraction of sp³-hybridized carbons (Fsp3) is 0.407. The second kappa shape index (κ2) is 15.0. The van der Waals surface area contributed by atoms with Gasteiger partial charge in [0, 0.05) is 17.4 Å².